The summed E-state index contributed by atoms with van der Waals surface area (Å²) in [4.78, 5) is 10.6. The molecule has 4 nitrogen and oxygen atoms in total. The minimum absolute atomic E-state index is 0.0859. The van der Waals surface area contributed by atoms with Gasteiger partial charge in [-0.25, -0.2) is 4.68 Å². The van der Waals surface area contributed by atoms with Crippen LogP contribution in [0.5, 0.6) is 0 Å². The zero-order valence-corrected chi connectivity index (χ0v) is 12.4. The molecule has 0 aliphatic heterocycles. The van der Waals surface area contributed by atoms with Crippen LogP contribution in [0.4, 0.5) is 0 Å². The summed E-state index contributed by atoms with van der Waals surface area (Å²) in [6, 6.07) is 6.12. The highest BCUT2D eigenvalue weighted by Gasteiger charge is 2.10. The number of carboxylic acid groups (broad SMARTS) is 1. The van der Waals surface area contributed by atoms with Crippen LogP contribution in [0.25, 0.3) is 5.69 Å². The van der Waals surface area contributed by atoms with Crippen LogP contribution in [0.2, 0.25) is 0 Å². The van der Waals surface area contributed by atoms with Gasteiger partial charge < -0.3 is 5.11 Å². The fourth-order valence-corrected chi connectivity index (χ4v) is 2.26. The van der Waals surface area contributed by atoms with Crippen molar-refractivity contribution in [2.45, 2.75) is 26.7 Å². The van der Waals surface area contributed by atoms with Gasteiger partial charge in [-0.1, -0.05) is 6.07 Å². The molecule has 0 aliphatic rings. The lowest BCUT2D eigenvalue weighted by molar-refractivity contribution is -0.136. The van der Waals surface area contributed by atoms with Gasteiger partial charge >= 0.3 is 5.97 Å². The molecule has 1 heterocycles. The molecule has 0 bridgehead atoms. The number of aliphatic carboxylic acids is 1. The first-order valence-corrected chi connectivity index (χ1v) is 6.80. The van der Waals surface area contributed by atoms with Gasteiger partial charge in [0.2, 0.25) is 0 Å². The van der Waals surface area contributed by atoms with Crippen molar-refractivity contribution in [1.82, 2.24) is 9.78 Å². The van der Waals surface area contributed by atoms with E-state index in [1.54, 1.807) is 4.68 Å². The Morgan fingerprint density at radius 2 is 2.11 bits per heavy atom. The number of halogens is 1. The van der Waals surface area contributed by atoms with Crippen molar-refractivity contribution in [3.8, 4) is 5.69 Å². The molecule has 0 spiro atoms. The molecule has 2 rings (SSSR count). The largest absolute Gasteiger partial charge is 0.481 e. The van der Waals surface area contributed by atoms with E-state index in [4.69, 9.17) is 5.11 Å². The first-order chi connectivity index (χ1) is 8.97. The second kappa shape index (κ2) is 5.57. The van der Waals surface area contributed by atoms with Gasteiger partial charge in [-0.15, -0.1) is 0 Å². The number of carbonyl (C=O) groups is 1. The quantitative estimate of drug-likeness (QED) is 0.939. The second-order valence-electron chi connectivity index (χ2n) is 4.53. The smallest absolute Gasteiger partial charge is 0.303 e. The third-order valence-electron chi connectivity index (χ3n) is 3.07. The summed E-state index contributed by atoms with van der Waals surface area (Å²) in [5, 5.41) is 13.1. The van der Waals surface area contributed by atoms with Crippen molar-refractivity contribution in [3.63, 3.8) is 0 Å². The molecule has 19 heavy (non-hydrogen) atoms. The van der Waals surface area contributed by atoms with Gasteiger partial charge in [0.15, 0.2) is 0 Å². The van der Waals surface area contributed by atoms with Gasteiger partial charge in [0.05, 0.1) is 22.3 Å². The molecule has 1 N–H and O–H groups in total. The molecule has 5 heteroatoms. The predicted octanol–water partition coefficient (Wildman–Crippen LogP) is 3.27. The van der Waals surface area contributed by atoms with E-state index in [1.165, 1.54) is 11.1 Å². The highest BCUT2D eigenvalue weighted by Crippen LogP contribution is 2.20. The predicted molar refractivity (Wildman–Crippen MR) is 76.7 cm³/mol. The highest BCUT2D eigenvalue weighted by molar-refractivity contribution is 9.10. The van der Waals surface area contributed by atoms with Gasteiger partial charge in [0.1, 0.15) is 0 Å². The first-order valence-electron chi connectivity index (χ1n) is 6.01. The normalized spacial score (nSPS) is 10.7. The Labute approximate surface area is 120 Å². The lowest BCUT2D eigenvalue weighted by Crippen LogP contribution is -2.00. The van der Waals surface area contributed by atoms with Crippen LogP contribution in [-0.2, 0) is 11.2 Å². The molecule has 0 aliphatic carbocycles. The molecule has 100 valence electrons. The number of hydrogen-bond acceptors (Lipinski definition) is 2. The van der Waals surface area contributed by atoms with E-state index in [0.29, 0.717) is 6.42 Å². The Bertz CT molecular complexity index is 620. The minimum Gasteiger partial charge on any atom is -0.481 e. The first kappa shape index (κ1) is 13.8. The third-order valence-corrected chi connectivity index (χ3v) is 3.73. The van der Waals surface area contributed by atoms with E-state index in [0.717, 1.165) is 15.9 Å². The minimum atomic E-state index is -0.812. The van der Waals surface area contributed by atoms with Gasteiger partial charge in [0.25, 0.3) is 0 Å². The fourth-order valence-electron chi connectivity index (χ4n) is 1.78. The van der Waals surface area contributed by atoms with Crippen LogP contribution in [-0.4, -0.2) is 20.9 Å². The number of hydrogen-bond donors (Lipinski definition) is 1. The van der Waals surface area contributed by atoms with Crippen LogP contribution in [0.15, 0.2) is 28.9 Å². The summed E-state index contributed by atoms with van der Waals surface area (Å²) >= 11 is 3.42. The zero-order chi connectivity index (χ0) is 14.0. The lowest BCUT2D eigenvalue weighted by Gasteiger charge is -2.04. The fraction of sp³-hybridized carbons (Fsp3) is 0.286. The van der Waals surface area contributed by atoms with E-state index < -0.39 is 5.97 Å². The molecular formula is C14H15BrN2O2. The number of aryl methyl sites for hydroxylation is 3. The van der Waals surface area contributed by atoms with E-state index in [-0.39, 0.29) is 6.42 Å². The van der Waals surface area contributed by atoms with Crippen molar-refractivity contribution in [2.75, 3.05) is 0 Å². The van der Waals surface area contributed by atoms with Gasteiger partial charge in [0, 0.05) is 12.6 Å². The Morgan fingerprint density at radius 1 is 1.37 bits per heavy atom. The summed E-state index contributed by atoms with van der Waals surface area (Å²) < 4.78 is 2.61. The maximum atomic E-state index is 10.6. The average Bonchev–Trinajstić information content (AvgIpc) is 2.71. The Hall–Kier alpha value is -1.62. The number of aromatic nitrogens is 2. The van der Waals surface area contributed by atoms with Crippen molar-refractivity contribution in [3.05, 3.63) is 45.7 Å². The Kier molecular flexibility index (Phi) is 4.04. The molecule has 0 atom stereocenters. The van der Waals surface area contributed by atoms with Crippen LogP contribution in [0, 0.1) is 13.8 Å². The number of rotatable bonds is 4. The van der Waals surface area contributed by atoms with E-state index in [2.05, 4.69) is 47.0 Å². The van der Waals surface area contributed by atoms with Crippen molar-refractivity contribution >= 4 is 21.9 Å². The van der Waals surface area contributed by atoms with Crippen LogP contribution < -0.4 is 0 Å². The number of nitrogens with zero attached hydrogens (tertiary/aromatic N) is 2. The summed E-state index contributed by atoms with van der Waals surface area (Å²) in [7, 11) is 0. The summed E-state index contributed by atoms with van der Waals surface area (Å²) in [6.07, 6.45) is 2.37. The molecule has 2 aromatic rings. The molecule has 0 saturated heterocycles. The van der Waals surface area contributed by atoms with E-state index >= 15 is 0 Å². The SMILES string of the molecule is Cc1ccc(-n2cc(Br)c(CCC(=O)O)n2)cc1C. The van der Waals surface area contributed by atoms with Gasteiger partial charge in [-0.2, -0.15) is 5.10 Å². The van der Waals surface area contributed by atoms with Gasteiger partial charge in [-0.3, -0.25) is 4.79 Å². The molecule has 1 aromatic carbocycles. The third kappa shape index (κ3) is 3.23. The van der Waals surface area contributed by atoms with Gasteiger partial charge in [-0.05, 0) is 53.0 Å². The van der Waals surface area contributed by atoms with E-state index in [9.17, 15) is 4.79 Å². The van der Waals surface area contributed by atoms with Crippen LogP contribution in [0.1, 0.15) is 23.2 Å². The molecular weight excluding hydrogens is 308 g/mol. The van der Waals surface area contributed by atoms with Crippen LogP contribution in [0.3, 0.4) is 0 Å². The molecule has 0 unspecified atom stereocenters. The van der Waals surface area contributed by atoms with Crippen molar-refractivity contribution < 1.29 is 9.90 Å². The standard InChI is InChI=1S/C14H15BrN2O2/c1-9-3-4-11(7-10(9)2)17-8-12(15)13(16-17)5-6-14(18)19/h3-4,7-8H,5-6H2,1-2H3,(H,18,19). The topological polar surface area (TPSA) is 55.1 Å². The van der Waals surface area contributed by atoms with E-state index in [1.807, 2.05) is 12.3 Å². The average molecular weight is 323 g/mol. The molecule has 0 saturated carbocycles. The Morgan fingerprint density at radius 3 is 2.74 bits per heavy atom. The van der Waals surface area contributed by atoms with Crippen molar-refractivity contribution in [2.24, 2.45) is 0 Å². The Balaban J connectivity index is 2.28. The lowest BCUT2D eigenvalue weighted by atomic mass is 10.1. The zero-order valence-electron chi connectivity index (χ0n) is 10.9. The molecule has 0 amide bonds. The molecule has 0 radical (unpaired) electrons. The monoisotopic (exact) mass is 322 g/mol. The molecule has 0 fully saturated rings. The number of carboxylic acids is 1. The second-order valence-corrected chi connectivity index (χ2v) is 5.38. The highest BCUT2D eigenvalue weighted by atomic mass is 79.9. The summed E-state index contributed by atoms with van der Waals surface area (Å²) in [6.45, 7) is 4.12. The maximum Gasteiger partial charge on any atom is 0.303 e. The maximum absolute atomic E-state index is 10.6. The van der Waals surface area contributed by atoms with Crippen LogP contribution >= 0.6 is 15.9 Å². The number of benzene rings is 1. The summed E-state index contributed by atoms with van der Waals surface area (Å²) in [5.41, 5.74) is 4.18. The summed E-state index contributed by atoms with van der Waals surface area (Å²) in [5.74, 6) is -0.812. The van der Waals surface area contributed by atoms with Crippen molar-refractivity contribution in [1.29, 1.82) is 0 Å². The molecule has 1 aromatic heterocycles.